The Balaban J connectivity index is 2.48. The van der Waals surface area contributed by atoms with E-state index in [4.69, 9.17) is 5.73 Å². The van der Waals surface area contributed by atoms with E-state index in [1.807, 2.05) is 13.0 Å². The van der Waals surface area contributed by atoms with Gasteiger partial charge in [-0.3, -0.25) is 0 Å². The molecule has 1 aromatic carbocycles. The summed E-state index contributed by atoms with van der Waals surface area (Å²) in [5.41, 5.74) is 8.21. The van der Waals surface area contributed by atoms with Gasteiger partial charge >= 0.3 is 0 Å². The molecule has 0 aliphatic heterocycles. The Hall–Kier alpha value is -0.540. The maximum Gasteiger partial charge on any atom is 0.119 e. The highest BCUT2D eigenvalue weighted by Gasteiger charge is 2.49. The smallest absolute Gasteiger partial charge is 0.119 e. The third-order valence-electron chi connectivity index (χ3n) is 3.93. The number of aromatic hydroxyl groups is 1. The third-order valence-corrected chi connectivity index (χ3v) is 4.62. The first kappa shape index (κ1) is 12.9. The minimum Gasteiger partial charge on any atom is -0.508 e. The van der Waals surface area contributed by atoms with Gasteiger partial charge in [-0.1, -0.05) is 29.8 Å². The number of phenols is 1. The highest BCUT2D eigenvalue weighted by molar-refractivity contribution is 9.10. The normalized spacial score (nSPS) is 19.4. The highest BCUT2D eigenvalue weighted by Crippen LogP contribution is 2.54. The molecule has 1 aliphatic carbocycles. The van der Waals surface area contributed by atoms with Gasteiger partial charge in [0, 0.05) is 21.5 Å². The molecule has 3 N–H and O–H groups in total. The van der Waals surface area contributed by atoms with Crippen LogP contribution < -0.4 is 5.73 Å². The second-order valence-electron chi connectivity index (χ2n) is 5.49. The Morgan fingerprint density at radius 1 is 1.29 bits per heavy atom. The first-order chi connectivity index (χ1) is 7.88. The molecule has 94 valence electrons. The van der Waals surface area contributed by atoms with Crippen LogP contribution in [-0.2, 0) is 5.41 Å². The fraction of sp³-hybridized carbons (Fsp3) is 0.571. The highest BCUT2D eigenvalue weighted by atomic mass is 79.9. The molecule has 1 aromatic rings. The zero-order chi connectivity index (χ0) is 12.8. The van der Waals surface area contributed by atoms with Crippen molar-refractivity contribution in [3.8, 4) is 5.75 Å². The van der Waals surface area contributed by atoms with Crippen LogP contribution in [0.3, 0.4) is 0 Å². The van der Waals surface area contributed by atoms with Gasteiger partial charge in [0.25, 0.3) is 0 Å². The molecule has 1 fully saturated rings. The Morgan fingerprint density at radius 2 is 1.88 bits per heavy atom. The van der Waals surface area contributed by atoms with Crippen LogP contribution in [0.5, 0.6) is 5.75 Å². The van der Waals surface area contributed by atoms with Crippen LogP contribution in [-0.4, -0.2) is 11.1 Å². The summed E-state index contributed by atoms with van der Waals surface area (Å²) in [6, 6.07) is 4.03. The Labute approximate surface area is 111 Å². The van der Waals surface area contributed by atoms with Crippen LogP contribution in [0, 0.1) is 0 Å². The lowest BCUT2D eigenvalue weighted by Crippen LogP contribution is -2.31. The summed E-state index contributed by atoms with van der Waals surface area (Å²) in [5.74, 6) is 0.793. The predicted octanol–water partition coefficient (Wildman–Crippen LogP) is 3.66. The summed E-state index contributed by atoms with van der Waals surface area (Å²) in [6.07, 6.45) is 2.15. The van der Waals surface area contributed by atoms with E-state index in [1.54, 1.807) is 0 Å². The number of rotatable bonds is 3. The molecule has 0 spiro atoms. The molecule has 2 rings (SSSR count). The molecule has 3 heteroatoms. The van der Waals surface area contributed by atoms with Gasteiger partial charge in [-0.15, -0.1) is 0 Å². The van der Waals surface area contributed by atoms with Crippen molar-refractivity contribution in [1.82, 2.24) is 0 Å². The van der Waals surface area contributed by atoms with Gasteiger partial charge in [-0.2, -0.15) is 0 Å². The van der Waals surface area contributed by atoms with Gasteiger partial charge in [-0.25, -0.2) is 0 Å². The number of benzene rings is 1. The molecule has 0 saturated heterocycles. The van der Waals surface area contributed by atoms with Crippen molar-refractivity contribution >= 4 is 15.9 Å². The number of halogens is 1. The van der Waals surface area contributed by atoms with E-state index in [0.29, 0.717) is 11.7 Å². The number of nitrogens with two attached hydrogens (primary N) is 1. The molecule has 0 bridgehead atoms. The summed E-state index contributed by atoms with van der Waals surface area (Å²) >= 11 is 3.60. The fourth-order valence-corrected chi connectivity index (χ4v) is 3.33. The van der Waals surface area contributed by atoms with Crippen molar-refractivity contribution < 1.29 is 5.11 Å². The first-order valence-electron chi connectivity index (χ1n) is 6.17. The maximum atomic E-state index is 10.2. The molecule has 0 amide bonds. The van der Waals surface area contributed by atoms with Crippen LogP contribution in [0.15, 0.2) is 16.6 Å². The van der Waals surface area contributed by atoms with Crippen molar-refractivity contribution in [3.63, 3.8) is 0 Å². The van der Waals surface area contributed by atoms with Crippen LogP contribution in [0.25, 0.3) is 0 Å². The molecule has 0 heterocycles. The van der Waals surface area contributed by atoms with E-state index in [-0.39, 0.29) is 11.5 Å². The topological polar surface area (TPSA) is 46.2 Å². The number of hydrogen-bond donors (Lipinski definition) is 2. The quantitative estimate of drug-likeness (QED) is 0.894. The second kappa shape index (κ2) is 4.29. The third kappa shape index (κ3) is 2.11. The van der Waals surface area contributed by atoms with E-state index >= 15 is 0 Å². The molecule has 1 unspecified atom stereocenters. The lowest BCUT2D eigenvalue weighted by atomic mass is 9.87. The monoisotopic (exact) mass is 297 g/mol. The number of phenolic OH excluding ortho intramolecular Hbond substituents is 1. The van der Waals surface area contributed by atoms with Crippen LogP contribution in [0.2, 0.25) is 0 Å². The first-order valence-corrected chi connectivity index (χ1v) is 6.96. The van der Waals surface area contributed by atoms with Crippen molar-refractivity contribution in [3.05, 3.63) is 27.7 Å². The van der Waals surface area contributed by atoms with Gasteiger partial charge in [0.2, 0.25) is 0 Å². The fourth-order valence-electron chi connectivity index (χ4n) is 2.52. The van der Waals surface area contributed by atoms with Crippen LogP contribution in [0.4, 0.5) is 0 Å². The molecule has 1 aliphatic rings. The van der Waals surface area contributed by atoms with Gasteiger partial charge < -0.3 is 10.8 Å². The molecule has 0 radical (unpaired) electrons. The molecule has 1 saturated carbocycles. The molecule has 0 aromatic heterocycles. The summed E-state index contributed by atoms with van der Waals surface area (Å²) in [4.78, 5) is 0. The Kier molecular flexibility index (Phi) is 3.25. The van der Waals surface area contributed by atoms with Crippen molar-refractivity contribution in [2.45, 2.75) is 51.0 Å². The van der Waals surface area contributed by atoms with Crippen molar-refractivity contribution in [2.24, 2.45) is 5.73 Å². The van der Waals surface area contributed by atoms with E-state index in [1.165, 1.54) is 0 Å². The summed E-state index contributed by atoms with van der Waals surface area (Å²) in [5, 5.41) is 10.2. The van der Waals surface area contributed by atoms with E-state index in [0.717, 1.165) is 28.4 Å². The number of hydrogen-bond acceptors (Lipinski definition) is 2. The molecule has 17 heavy (non-hydrogen) atoms. The SMILES string of the molecule is CC(C)c1cc(O)c(C2(C(C)N)CC2)cc1Br. The minimum absolute atomic E-state index is 0.00210. The summed E-state index contributed by atoms with van der Waals surface area (Å²) in [6.45, 7) is 6.27. The van der Waals surface area contributed by atoms with Gasteiger partial charge in [0.15, 0.2) is 0 Å². The standard InChI is InChI=1S/C14H20BrNO/c1-8(2)10-6-13(17)11(7-12(10)15)14(4-5-14)9(3)16/h6-9,17H,4-5,16H2,1-3H3. The lowest BCUT2D eigenvalue weighted by Gasteiger charge is -2.23. The largest absolute Gasteiger partial charge is 0.508 e. The average Bonchev–Trinajstić information content (AvgIpc) is 3.01. The summed E-state index contributed by atoms with van der Waals surface area (Å²) < 4.78 is 1.08. The van der Waals surface area contributed by atoms with E-state index in [2.05, 4.69) is 35.8 Å². The van der Waals surface area contributed by atoms with Gasteiger partial charge in [-0.05, 0) is 43.4 Å². The van der Waals surface area contributed by atoms with E-state index < -0.39 is 0 Å². The molecule has 2 nitrogen and oxygen atoms in total. The van der Waals surface area contributed by atoms with Crippen LogP contribution in [0.1, 0.15) is 50.7 Å². The zero-order valence-electron chi connectivity index (χ0n) is 10.6. The van der Waals surface area contributed by atoms with Gasteiger partial charge in [0.1, 0.15) is 5.75 Å². The van der Waals surface area contributed by atoms with Gasteiger partial charge in [0.05, 0.1) is 0 Å². The second-order valence-corrected chi connectivity index (χ2v) is 6.34. The molecule has 1 atom stereocenters. The lowest BCUT2D eigenvalue weighted by molar-refractivity contribution is 0.445. The predicted molar refractivity (Wildman–Crippen MR) is 74.5 cm³/mol. The van der Waals surface area contributed by atoms with Crippen LogP contribution >= 0.6 is 15.9 Å². The average molecular weight is 298 g/mol. The Morgan fingerprint density at radius 3 is 2.29 bits per heavy atom. The van der Waals surface area contributed by atoms with E-state index in [9.17, 15) is 5.11 Å². The maximum absolute atomic E-state index is 10.2. The minimum atomic E-state index is 0.00210. The molecular formula is C14H20BrNO. The zero-order valence-corrected chi connectivity index (χ0v) is 12.2. The molecular weight excluding hydrogens is 278 g/mol. The Bertz CT molecular complexity index is 436. The summed E-state index contributed by atoms with van der Waals surface area (Å²) in [7, 11) is 0. The van der Waals surface area contributed by atoms with Crippen molar-refractivity contribution in [2.75, 3.05) is 0 Å². The van der Waals surface area contributed by atoms with Crippen molar-refractivity contribution in [1.29, 1.82) is 0 Å².